The SMILES string of the molecule is CC(C)CCCC(C)(N)c1ccccc1F. The summed E-state index contributed by atoms with van der Waals surface area (Å²) < 4.78 is 13.6. The van der Waals surface area contributed by atoms with Gasteiger partial charge >= 0.3 is 0 Å². The van der Waals surface area contributed by atoms with Gasteiger partial charge < -0.3 is 5.73 Å². The van der Waals surface area contributed by atoms with Gasteiger partial charge in [-0.25, -0.2) is 4.39 Å². The molecule has 1 atom stereocenters. The molecule has 1 rings (SSSR count). The normalized spacial score (nSPS) is 15.1. The van der Waals surface area contributed by atoms with E-state index in [-0.39, 0.29) is 5.82 Å². The Kier molecular flexibility index (Phi) is 4.48. The fraction of sp³-hybridized carbons (Fsp3) is 0.571. The van der Waals surface area contributed by atoms with Gasteiger partial charge in [-0.15, -0.1) is 0 Å². The fourth-order valence-corrected chi connectivity index (χ4v) is 1.94. The molecule has 0 saturated carbocycles. The lowest BCUT2D eigenvalue weighted by Gasteiger charge is -2.26. The second kappa shape index (κ2) is 5.44. The van der Waals surface area contributed by atoms with Crippen LogP contribution in [-0.2, 0) is 5.54 Å². The summed E-state index contributed by atoms with van der Waals surface area (Å²) >= 11 is 0. The van der Waals surface area contributed by atoms with Crippen molar-refractivity contribution < 1.29 is 4.39 Å². The van der Waals surface area contributed by atoms with Crippen LogP contribution >= 0.6 is 0 Å². The minimum atomic E-state index is -0.555. The van der Waals surface area contributed by atoms with E-state index in [2.05, 4.69) is 13.8 Å². The van der Waals surface area contributed by atoms with Gasteiger partial charge in [-0.3, -0.25) is 0 Å². The lowest BCUT2D eigenvalue weighted by atomic mass is 9.86. The van der Waals surface area contributed by atoms with Crippen molar-refractivity contribution in [3.8, 4) is 0 Å². The van der Waals surface area contributed by atoms with Crippen LogP contribution in [0.1, 0.15) is 45.6 Å². The van der Waals surface area contributed by atoms with Crippen LogP contribution in [0.3, 0.4) is 0 Å². The topological polar surface area (TPSA) is 26.0 Å². The standard InChI is InChI=1S/C14H22FN/c1-11(2)7-6-10-14(3,16)12-8-4-5-9-13(12)15/h4-5,8-9,11H,6-7,10,16H2,1-3H3. The van der Waals surface area contributed by atoms with Crippen LogP contribution < -0.4 is 5.73 Å². The zero-order valence-corrected chi connectivity index (χ0v) is 10.5. The minimum absolute atomic E-state index is 0.197. The van der Waals surface area contributed by atoms with E-state index in [4.69, 9.17) is 5.73 Å². The van der Waals surface area contributed by atoms with Crippen molar-refractivity contribution in [3.63, 3.8) is 0 Å². The molecule has 1 nitrogen and oxygen atoms in total. The molecule has 0 saturated heterocycles. The zero-order chi connectivity index (χ0) is 12.2. The van der Waals surface area contributed by atoms with Crippen LogP contribution in [-0.4, -0.2) is 0 Å². The van der Waals surface area contributed by atoms with Crippen molar-refractivity contribution in [1.29, 1.82) is 0 Å². The van der Waals surface area contributed by atoms with Crippen molar-refractivity contribution in [1.82, 2.24) is 0 Å². The van der Waals surface area contributed by atoms with Crippen LogP contribution in [0.4, 0.5) is 4.39 Å². The van der Waals surface area contributed by atoms with E-state index in [1.807, 2.05) is 13.0 Å². The summed E-state index contributed by atoms with van der Waals surface area (Å²) in [5.74, 6) is 0.480. The van der Waals surface area contributed by atoms with Crippen LogP contribution in [0.5, 0.6) is 0 Å². The van der Waals surface area contributed by atoms with Gasteiger partial charge in [-0.2, -0.15) is 0 Å². The second-order valence-electron chi connectivity index (χ2n) is 5.18. The molecule has 1 aromatic carbocycles. The first-order valence-electron chi connectivity index (χ1n) is 5.97. The average molecular weight is 223 g/mol. The molecule has 1 aromatic rings. The number of hydrogen-bond acceptors (Lipinski definition) is 1. The van der Waals surface area contributed by atoms with Gasteiger partial charge in [-0.05, 0) is 25.3 Å². The third-order valence-corrected chi connectivity index (χ3v) is 2.97. The first-order chi connectivity index (χ1) is 7.43. The fourth-order valence-electron chi connectivity index (χ4n) is 1.94. The molecule has 0 fully saturated rings. The molecule has 2 N–H and O–H groups in total. The van der Waals surface area contributed by atoms with Gasteiger partial charge in [0.15, 0.2) is 0 Å². The predicted molar refractivity (Wildman–Crippen MR) is 66.6 cm³/mol. The van der Waals surface area contributed by atoms with E-state index < -0.39 is 5.54 Å². The van der Waals surface area contributed by atoms with Crippen molar-refractivity contribution in [3.05, 3.63) is 35.6 Å². The second-order valence-corrected chi connectivity index (χ2v) is 5.18. The Morgan fingerprint density at radius 3 is 2.50 bits per heavy atom. The maximum atomic E-state index is 13.6. The largest absolute Gasteiger partial charge is 0.322 e. The van der Waals surface area contributed by atoms with E-state index >= 15 is 0 Å². The van der Waals surface area contributed by atoms with Crippen LogP contribution in [0.2, 0.25) is 0 Å². The smallest absolute Gasteiger partial charge is 0.128 e. The molecular weight excluding hydrogens is 201 g/mol. The van der Waals surface area contributed by atoms with Crippen molar-refractivity contribution >= 4 is 0 Å². The molecule has 1 unspecified atom stereocenters. The molecule has 0 amide bonds. The molecular formula is C14H22FN. The maximum absolute atomic E-state index is 13.6. The molecule has 2 heteroatoms. The Bertz CT molecular complexity index is 331. The summed E-state index contributed by atoms with van der Waals surface area (Å²) in [6.07, 6.45) is 3.01. The molecule has 90 valence electrons. The number of rotatable bonds is 5. The Morgan fingerprint density at radius 1 is 1.31 bits per heavy atom. The molecule has 0 spiro atoms. The average Bonchev–Trinajstić information content (AvgIpc) is 2.17. The third kappa shape index (κ3) is 3.60. The lowest BCUT2D eigenvalue weighted by molar-refractivity contribution is 0.391. The Morgan fingerprint density at radius 2 is 1.94 bits per heavy atom. The van der Waals surface area contributed by atoms with E-state index in [1.165, 1.54) is 6.07 Å². The van der Waals surface area contributed by atoms with Crippen molar-refractivity contribution in [2.24, 2.45) is 11.7 Å². The monoisotopic (exact) mass is 223 g/mol. The van der Waals surface area contributed by atoms with Gasteiger partial charge in [0.2, 0.25) is 0 Å². The first kappa shape index (κ1) is 13.2. The number of benzene rings is 1. The molecule has 0 aliphatic rings. The van der Waals surface area contributed by atoms with E-state index in [0.29, 0.717) is 11.5 Å². The Hall–Kier alpha value is -0.890. The minimum Gasteiger partial charge on any atom is -0.322 e. The molecule has 0 bridgehead atoms. The number of hydrogen-bond donors (Lipinski definition) is 1. The van der Waals surface area contributed by atoms with E-state index in [1.54, 1.807) is 12.1 Å². The number of nitrogens with two attached hydrogens (primary N) is 1. The lowest BCUT2D eigenvalue weighted by Crippen LogP contribution is -2.34. The summed E-state index contributed by atoms with van der Waals surface area (Å²) in [4.78, 5) is 0. The van der Waals surface area contributed by atoms with Crippen LogP contribution in [0, 0.1) is 11.7 Å². The van der Waals surface area contributed by atoms with Crippen molar-refractivity contribution in [2.75, 3.05) is 0 Å². The Labute approximate surface area is 97.9 Å². The quantitative estimate of drug-likeness (QED) is 0.806. The van der Waals surface area contributed by atoms with Crippen LogP contribution in [0.25, 0.3) is 0 Å². The summed E-state index contributed by atoms with van der Waals surface area (Å²) in [6, 6.07) is 6.79. The van der Waals surface area contributed by atoms with Gasteiger partial charge in [0.1, 0.15) is 5.82 Å². The van der Waals surface area contributed by atoms with Gasteiger partial charge in [0.05, 0.1) is 0 Å². The highest BCUT2D eigenvalue weighted by Crippen LogP contribution is 2.26. The van der Waals surface area contributed by atoms with Gasteiger partial charge in [-0.1, -0.05) is 44.9 Å². The maximum Gasteiger partial charge on any atom is 0.128 e. The molecule has 0 aliphatic carbocycles. The summed E-state index contributed by atoms with van der Waals surface area (Å²) in [5, 5.41) is 0. The van der Waals surface area contributed by atoms with Crippen LogP contribution in [0.15, 0.2) is 24.3 Å². The molecule has 16 heavy (non-hydrogen) atoms. The highest BCUT2D eigenvalue weighted by atomic mass is 19.1. The highest BCUT2D eigenvalue weighted by Gasteiger charge is 2.23. The molecule has 0 radical (unpaired) electrons. The first-order valence-corrected chi connectivity index (χ1v) is 5.97. The highest BCUT2D eigenvalue weighted by molar-refractivity contribution is 5.24. The summed E-state index contributed by atoms with van der Waals surface area (Å²) in [5.41, 5.74) is 6.25. The molecule has 0 aromatic heterocycles. The van der Waals surface area contributed by atoms with E-state index in [0.717, 1.165) is 19.3 Å². The van der Waals surface area contributed by atoms with Gasteiger partial charge in [0.25, 0.3) is 0 Å². The Balaban J connectivity index is 2.66. The van der Waals surface area contributed by atoms with Gasteiger partial charge in [0, 0.05) is 11.1 Å². The molecule has 0 heterocycles. The summed E-state index contributed by atoms with van der Waals surface area (Å²) in [6.45, 7) is 6.29. The summed E-state index contributed by atoms with van der Waals surface area (Å²) in [7, 11) is 0. The molecule has 0 aliphatic heterocycles. The third-order valence-electron chi connectivity index (χ3n) is 2.97. The predicted octanol–water partition coefficient (Wildman–Crippen LogP) is 3.83. The zero-order valence-electron chi connectivity index (χ0n) is 10.5. The van der Waals surface area contributed by atoms with E-state index in [9.17, 15) is 4.39 Å². The van der Waals surface area contributed by atoms with Crippen molar-refractivity contribution in [2.45, 2.75) is 45.6 Å². The number of halogens is 1.